The summed E-state index contributed by atoms with van der Waals surface area (Å²) in [4.78, 5) is 4.37. The van der Waals surface area contributed by atoms with Crippen molar-refractivity contribution >= 4 is 21.8 Å². The summed E-state index contributed by atoms with van der Waals surface area (Å²) in [6, 6.07) is 4.77. The molecule has 0 bridgehead atoms. The van der Waals surface area contributed by atoms with Crippen molar-refractivity contribution in [1.82, 2.24) is 19.9 Å². The Morgan fingerprint density at radius 1 is 1.36 bits per heavy atom. The van der Waals surface area contributed by atoms with Crippen LogP contribution in [0.4, 0.5) is 0 Å². The van der Waals surface area contributed by atoms with Crippen LogP contribution < -0.4 is 9.46 Å². The minimum Gasteiger partial charge on any atom is -0.496 e. The van der Waals surface area contributed by atoms with E-state index in [-0.39, 0.29) is 4.90 Å². The summed E-state index contributed by atoms with van der Waals surface area (Å²) >= 11 is 1.39. The van der Waals surface area contributed by atoms with Gasteiger partial charge in [0.25, 0.3) is 0 Å². The predicted molar refractivity (Wildman–Crippen MR) is 84.8 cm³/mol. The second kappa shape index (κ2) is 7.12. The summed E-state index contributed by atoms with van der Waals surface area (Å²) in [5.41, 5.74) is 0.774. The number of nitrogens with one attached hydrogen (secondary N) is 2. The molecular formula is C13H18N4O3S2. The van der Waals surface area contributed by atoms with Crippen molar-refractivity contribution in [2.45, 2.75) is 23.9 Å². The molecule has 22 heavy (non-hydrogen) atoms. The maximum Gasteiger partial charge on any atom is 0.240 e. The van der Waals surface area contributed by atoms with Crippen LogP contribution in [0.25, 0.3) is 0 Å². The van der Waals surface area contributed by atoms with Gasteiger partial charge in [0.05, 0.1) is 12.0 Å². The number of aromatic amines is 1. The molecule has 0 saturated carbocycles. The third-order valence-electron chi connectivity index (χ3n) is 2.88. The van der Waals surface area contributed by atoms with Gasteiger partial charge in [0.2, 0.25) is 15.2 Å². The highest BCUT2D eigenvalue weighted by molar-refractivity contribution is 7.99. The quantitative estimate of drug-likeness (QED) is 0.585. The van der Waals surface area contributed by atoms with Gasteiger partial charge < -0.3 is 4.74 Å². The Bertz CT molecular complexity index is 743. The number of benzene rings is 1. The van der Waals surface area contributed by atoms with Crippen LogP contribution >= 0.6 is 11.8 Å². The Hall–Kier alpha value is -1.58. The summed E-state index contributed by atoms with van der Waals surface area (Å²) in [5.74, 6) is 1.94. The fourth-order valence-corrected chi connectivity index (χ4v) is 3.75. The average molecular weight is 342 g/mol. The number of hydrogen-bond acceptors (Lipinski definition) is 6. The van der Waals surface area contributed by atoms with Crippen molar-refractivity contribution in [2.75, 3.05) is 19.4 Å². The Morgan fingerprint density at radius 2 is 2.14 bits per heavy atom. The first-order chi connectivity index (χ1) is 10.4. The zero-order chi connectivity index (χ0) is 16.2. The van der Waals surface area contributed by atoms with Gasteiger partial charge in [-0.05, 0) is 37.6 Å². The lowest BCUT2D eigenvalue weighted by Crippen LogP contribution is -2.26. The molecule has 0 saturated heterocycles. The number of methoxy groups -OCH3 is 1. The first kappa shape index (κ1) is 16.8. The van der Waals surface area contributed by atoms with E-state index < -0.39 is 10.0 Å². The predicted octanol–water partition coefficient (Wildman–Crippen LogP) is 1.50. The first-order valence-corrected chi connectivity index (χ1v) is 9.05. The summed E-state index contributed by atoms with van der Waals surface area (Å²) in [5, 5.41) is 7.32. The standard InChI is InChI=1S/C13H18N4O3S2/c1-9-8-11(4-5-12(9)20-3)22(18,19)14-6-7-21-13-15-10(2)16-17-13/h4-5,8,14H,6-7H2,1-3H3,(H,15,16,17). The minimum atomic E-state index is -3.52. The number of hydrogen-bond donors (Lipinski definition) is 2. The van der Waals surface area contributed by atoms with Crippen molar-refractivity contribution in [2.24, 2.45) is 0 Å². The molecule has 1 heterocycles. The third-order valence-corrected chi connectivity index (χ3v) is 5.19. The number of thioether (sulfide) groups is 1. The normalized spacial score (nSPS) is 11.6. The number of rotatable bonds is 7. The highest BCUT2D eigenvalue weighted by Crippen LogP contribution is 2.21. The zero-order valence-electron chi connectivity index (χ0n) is 12.6. The minimum absolute atomic E-state index is 0.226. The highest BCUT2D eigenvalue weighted by atomic mass is 32.2. The fourth-order valence-electron chi connectivity index (χ4n) is 1.81. The molecule has 0 aliphatic carbocycles. The molecule has 1 aromatic carbocycles. The molecule has 2 N–H and O–H groups in total. The van der Waals surface area contributed by atoms with Gasteiger partial charge in [-0.3, -0.25) is 5.10 Å². The van der Waals surface area contributed by atoms with E-state index in [1.54, 1.807) is 26.2 Å². The van der Waals surface area contributed by atoms with E-state index in [4.69, 9.17) is 4.74 Å². The molecule has 7 nitrogen and oxygen atoms in total. The van der Waals surface area contributed by atoms with Gasteiger partial charge in [-0.15, -0.1) is 5.10 Å². The molecule has 0 spiro atoms. The number of aryl methyl sites for hydroxylation is 2. The van der Waals surface area contributed by atoms with E-state index in [2.05, 4.69) is 19.9 Å². The van der Waals surface area contributed by atoms with Crippen LogP contribution in [-0.2, 0) is 10.0 Å². The number of aromatic nitrogens is 3. The SMILES string of the molecule is COc1ccc(S(=O)(=O)NCCSc2n[nH]c(C)n2)cc1C. The molecule has 0 radical (unpaired) electrons. The maximum absolute atomic E-state index is 12.2. The van der Waals surface area contributed by atoms with Gasteiger partial charge in [-0.2, -0.15) is 0 Å². The smallest absolute Gasteiger partial charge is 0.240 e. The molecule has 0 unspecified atom stereocenters. The van der Waals surface area contributed by atoms with Crippen molar-refractivity contribution in [3.8, 4) is 5.75 Å². The van der Waals surface area contributed by atoms with Crippen molar-refractivity contribution < 1.29 is 13.2 Å². The summed E-state index contributed by atoms with van der Waals surface area (Å²) in [7, 11) is -1.97. The summed E-state index contributed by atoms with van der Waals surface area (Å²) in [6.45, 7) is 3.91. The molecule has 0 fully saturated rings. The molecule has 0 aliphatic heterocycles. The Balaban J connectivity index is 1.92. The highest BCUT2D eigenvalue weighted by Gasteiger charge is 2.15. The summed E-state index contributed by atoms with van der Waals surface area (Å²) < 4.78 is 32.1. The van der Waals surface area contributed by atoms with Crippen LogP contribution in [0.2, 0.25) is 0 Å². The number of sulfonamides is 1. The Kier molecular flexibility index (Phi) is 5.43. The molecule has 0 atom stereocenters. The third kappa shape index (κ3) is 4.21. The van der Waals surface area contributed by atoms with E-state index in [9.17, 15) is 8.42 Å². The number of H-pyrrole nitrogens is 1. The molecule has 2 aromatic rings. The molecule has 0 amide bonds. The van der Waals surface area contributed by atoms with Crippen molar-refractivity contribution in [1.29, 1.82) is 0 Å². The second-order valence-electron chi connectivity index (χ2n) is 4.58. The van der Waals surface area contributed by atoms with Crippen molar-refractivity contribution in [3.05, 3.63) is 29.6 Å². The van der Waals surface area contributed by atoms with Gasteiger partial charge >= 0.3 is 0 Å². The monoisotopic (exact) mass is 342 g/mol. The summed E-state index contributed by atoms with van der Waals surface area (Å²) in [6.07, 6.45) is 0. The largest absolute Gasteiger partial charge is 0.496 e. The Morgan fingerprint density at radius 3 is 2.73 bits per heavy atom. The van der Waals surface area contributed by atoms with Crippen LogP contribution in [0.1, 0.15) is 11.4 Å². The second-order valence-corrected chi connectivity index (χ2v) is 7.41. The molecule has 2 rings (SSSR count). The van der Waals surface area contributed by atoms with Crippen molar-refractivity contribution in [3.63, 3.8) is 0 Å². The number of ether oxygens (including phenoxy) is 1. The van der Waals surface area contributed by atoms with Gasteiger partial charge in [-0.25, -0.2) is 18.1 Å². The molecular weight excluding hydrogens is 324 g/mol. The maximum atomic E-state index is 12.2. The number of nitrogens with zero attached hydrogens (tertiary/aromatic N) is 2. The Labute approximate surface area is 133 Å². The van der Waals surface area contributed by atoms with Crippen LogP contribution in [0.15, 0.2) is 28.3 Å². The van der Waals surface area contributed by atoms with E-state index >= 15 is 0 Å². The van der Waals surface area contributed by atoms with Gasteiger partial charge in [0.1, 0.15) is 11.6 Å². The zero-order valence-corrected chi connectivity index (χ0v) is 14.2. The first-order valence-electron chi connectivity index (χ1n) is 6.58. The molecule has 1 aromatic heterocycles. The van der Waals surface area contributed by atoms with Gasteiger partial charge in [0.15, 0.2) is 0 Å². The molecule has 9 heteroatoms. The lowest BCUT2D eigenvalue weighted by Gasteiger charge is -2.09. The van der Waals surface area contributed by atoms with Crippen LogP contribution in [0, 0.1) is 13.8 Å². The molecule has 0 aliphatic rings. The van der Waals surface area contributed by atoms with Crippen LogP contribution in [0.3, 0.4) is 0 Å². The van der Waals surface area contributed by atoms with E-state index in [0.717, 1.165) is 11.4 Å². The van der Waals surface area contributed by atoms with E-state index in [0.29, 0.717) is 23.2 Å². The fraction of sp³-hybridized carbons (Fsp3) is 0.385. The average Bonchev–Trinajstić information content (AvgIpc) is 2.89. The lowest BCUT2D eigenvalue weighted by atomic mass is 10.2. The van der Waals surface area contributed by atoms with Gasteiger partial charge in [0, 0.05) is 12.3 Å². The van der Waals surface area contributed by atoms with E-state index in [1.165, 1.54) is 17.8 Å². The molecule has 120 valence electrons. The van der Waals surface area contributed by atoms with E-state index in [1.807, 2.05) is 6.92 Å². The van der Waals surface area contributed by atoms with Crippen LogP contribution in [0.5, 0.6) is 5.75 Å². The van der Waals surface area contributed by atoms with Gasteiger partial charge in [-0.1, -0.05) is 11.8 Å². The lowest BCUT2D eigenvalue weighted by molar-refractivity contribution is 0.411. The van der Waals surface area contributed by atoms with Crippen LogP contribution in [-0.4, -0.2) is 43.0 Å². The topological polar surface area (TPSA) is 97.0 Å².